The molecule has 1 aliphatic carbocycles. The molecule has 1 aromatic heterocycles. The average molecular weight is 490 g/mol. The van der Waals surface area contributed by atoms with Crippen LogP contribution in [0.4, 0.5) is 10.1 Å². The summed E-state index contributed by atoms with van der Waals surface area (Å²) < 4.78 is 21.1. The van der Waals surface area contributed by atoms with Gasteiger partial charge in [-0.2, -0.15) is 0 Å². The third-order valence-electron chi connectivity index (χ3n) is 6.47. The molecule has 0 radical (unpaired) electrons. The molecular formula is C28H28FN3O4. The maximum Gasteiger partial charge on any atom is 0.312 e. The third kappa shape index (κ3) is 4.61. The van der Waals surface area contributed by atoms with Gasteiger partial charge in [0.05, 0.1) is 34.5 Å². The van der Waals surface area contributed by atoms with Gasteiger partial charge in [-0.25, -0.2) is 9.37 Å². The van der Waals surface area contributed by atoms with Gasteiger partial charge in [-0.05, 0) is 82.0 Å². The maximum absolute atomic E-state index is 14.4. The fourth-order valence-electron chi connectivity index (χ4n) is 4.50. The fourth-order valence-corrected chi connectivity index (χ4v) is 4.50. The van der Waals surface area contributed by atoms with Gasteiger partial charge in [0.15, 0.2) is 13.0 Å². The van der Waals surface area contributed by atoms with Gasteiger partial charge in [0.25, 0.3) is 5.56 Å². The van der Waals surface area contributed by atoms with Crippen LogP contribution in [0.1, 0.15) is 60.5 Å². The van der Waals surface area contributed by atoms with E-state index in [4.69, 9.17) is 11.2 Å². The number of terminal acetylenes is 1. The minimum Gasteiger partial charge on any atom is -0.443 e. The normalized spacial score (nSPS) is 14.8. The van der Waals surface area contributed by atoms with Crippen LogP contribution in [0, 0.1) is 30.5 Å². The predicted octanol–water partition coefficient (Wildman–Crippen LogP) is 4.33. The van der Waals surface area contributed by atoms with E-state index in [1.54, 1.807) is 33.8 Å². The first-order valence-corrected chi connectivity index (χ1v) is 11.7. The molecule has 0 saturated heterocycles. The van der Waals surface area contributed by atoms with Crippen molar-refractivity contribution in [2.75, 3.05) is 11.4 Å². The number of aryl methyl sites for hydroxylation is 2. The second-order valence-electron chi connectivity index (χ2n) is 9.98. The molecule has 1 heterocycles. The molecule has 0 aliphatic heterocycles. The maximum atomic E-state index is 14.4. The summed E-state index contributed by atoms with van der Waals surface area (Å²) in [6, 6.07) is 7.95. The molecule has 4 rings (SSSR count). The summed E-state index contributed by atoms with van der Waals surface area (Å²) in [5.74, 6) is 2.05. The Morgan fingerprint density at radius 3 is 2.72 bits per heavy atom. The Bertz CT molecular complexity index is 1460. The molecule has 0 saturated carbocycles. The van der Waals surface area contributed by atoms with Crippen LogP contribution in [0.2, 0.25) is 0 Å². The van der Waals surface area contributed by atoms with Crippen LogP contribution in [0.5, 0.6) is 0 Å². The van der Waals surface area contributed by atoms with Crippen molar-refractivity contribution in [3.8, 4) is 12.3 Å². The number of benzene rings is 2. The van der Waals surface area contributed by atoms with Crippen molar-refractivity contribution in [3.63, 3.8) is 0 Å². The summed E-state index contributed by atoms with van der Waals surface area (Å²) in [7, 11) is 0. The first-order valence-electron chi connectivity index (χ1n) is 11.7. The molecule has 2 aromatic carbocycles. The van der Waals surface area contributed by atoms with Gasteiger partial charge >= 0.3 is 5.97 Å². The molecule has 0 amide bonds. The molecule has 1 unspecified atom stereocenters. The number of nitrogens with zero attached hydrogens (tertiary/aromatic N) is 3. The number of halogens is 1. The lowest BCUT2D eigenvalue weighted by Crippen LogP contribution is -2.30. The molecule has 0 fully saturated rings. The smallest absolute Gasteiger partial charge is 0.312 e. The van der Waals surface area contributed by atoms with Crippen molar-refractivity contribution in [1.29, 1.82) is 0 Å². The Kier molecular flexibility index (Phi) is 6.68. The lowest BCUT2D eigenvalue weighted by Gasteiger charge is -2.30. The molecular weight excluding hydrogens is 461 g/mol. The summed E-state index contributed by atoms with van der Waals surface area (Å²) in [6.45, 7) is 6.93. The number of carbonyl (C=O) groups excluding carboxylic acids is 2. The van der Waals surface area contributed by atoms with Gasteiger partial charge < -0.3 is 9.64 Å². The number of aldehydes is 1. The molecule has 7 nitrogen and oxygen atoms in total. The van der Waals surface area contributed by atoms with Crippen LogP contribution in [-0.4, -0.2) is 28.4 Å². The highest BCUT2D eigenvalue weighted by Crippen LogP contribution is 2.39. The average Bonchev–Trinajstić information content (AvgIpc) is 3.23. The van der Waals surface area contributed by atoms with E-state index in [2.05, 4.69) is 10.9 Å². The Labute approximate surface area is 208 Å². The van der Waals surface area contributed by atoms with E-state index in [1.807, 2.05) is 17.0 Å². The van der Waals surface area contributed by atoms with Gasteiger partial charge in [0, 0.05) is 5.69 Å². The van der Waals surface area contributed by atoms with Gasteiger partial charge in [0.1, 0.15) is 11.6 Å². The monoisotopic (exact) mass is 489 g/mol. The molecule has 8 heteroatoms. The first kappa shape index (κ1) is 25.1. The zero-order chi connectivity index (χ0) is 26.2. The van der Waals surface area contributed by atoms with Crippen LogP contribution >= 0.6 is 0 Å². The lowest BCUT2D eigenvalue weighted by atomic mass is 9.98. The SMILES string of the molecule is C#CCN(c1ccc(C=O)c(F)c1)C1CCc2cc3nc(C)n(COC(=O)C(C)(C)C)c(=O)c3cc21. The number of hydrogen-bond acceptors (Lipinski definition) is 6. The highest BCUT2D eigenvalue weighted by Gasteiger charge is 2.30. The van der Waals surface area contributed by atoms with Gasteiger partial charge in [-0.1, -0.05) is 5.92 Å². The highest BCUT2D eigenvalue weighted by molar-refractivity contribution is 5.81. The van der Waals surface area contributed by atoms with E-state index < -0.39 is 17.2 Å². The Morgan fingerprint density at radius 2 is 2.08 bits per heavy atom. The number of ether oxygens (including phenoxy) is 1. The Hall–Kier alpha value is -3.99. The molecule has 36 heavy (non-hydrogen) atoms. The van der Waals surface area contributed by atoms with E-state index in [9.17, 15) is 18.8 Å². The standard InChI is InChI=1S/C28H28FN3O4/c1-6-11-31(20-9-7-19(15-33)23(29)13-20)25-10-8-18-12-24-22(14-21(18)25)26(34)32(17(2)30-24)16-36-27(35)28(3,4)5/h1,7,9,12-15,25H,8,10-11,16H2,2-5H3. The van der Waals surface area contributed by atoms with Crippen molar-refractivity contribution in [2.45, 2.75) is 53.3 Å². The molecule has 3 aromatic rings. The highest BCUT2D eigenvalue weighted by atomic mass is 19.1. The van der Waals surface area contributed by atoms with Crippen molar-refractivity contribution in [3.05, 3.63) is 69.0 Å². The van der Waals surface area contributed by atoms with Gasteiger partial charge in [0.2, 0.25) is 0 Å². The molecule has 0 spiro atoms. The number of aromatic nitrogens is 2. The van der Waals surface area contributed by atoms with Crippen molar-refractivity contribution >= 4 is 28.8 Å². The number of rotatable bonds is 6. The van der Waals surface area contributed by atoms with Crippen LogP contribution in [0.15, 0.2) is 35.1 Å². The summed E-state index contributed by atoms with van der Waals surface area (Å²) >= 11 is 0. The largest absolute Gasteiger partial charge is 0.443 e. The zero-order valence-corrected chi connectivity index (χ0v) is 20.8. The van der Waals surface area contributed by atoms with Crippen molar-refractivity contribution < 1.29 is 18.7 Å². The van der Waals surface area contributed by atoms with Crippen LogP contribution < -0.4 is 10.5 Å². The number of anilines is 1. The fraction of sp³-hybridized carbons (Fsp3) is 0.357. The number of hydrogen-bond donors (Lipinski definition) is 0. The van der Waals surface area contributed by atoms with Gasteiger partial charge in [-0.3, -0.25) is 19.0 Å². The molecule has 186 valence electrons. The summed E-state index contributed by atoms with van der Waals surface area (Å²) in [4.78, 5) is 43.2. The Balaban J connectivity index is 1.75. The van der Waals surface area contributed by atoms with E-state index in [0.717, 1.165) is 24.0 Å². The van der Waals surface area contributed by atoms with Gasteiger partial charge in [-0.15, -0.1) is 6.42 Å². The zero-order valence-electron chi connectivity index (χ0n) is 20.8. The van der Waals surface area contributed by atoms with E-state index in [-0.39, 0.29) is 30.4 Å². The summed E-state index contributed by atoms with van der Waals surface area (Å²) in [5, 5.41) is 0.404. The van der Waals surface area contributed by atoms with Crippen LogP contribution in [-0.2, 0) is 22.7 Å². The molecule has 0 N–H and O–H groups in total. The number of fused-ring (bicyclic) bond motifs is 2. The molecule has 1 aliphatic rings. The number of esters is 1. The minimum atomic E-state index is -0.695. The minimum absolute atomic E-state index is 0.0219. The van der Waals surface area contributed by atoms with Crippen molar-refractivity contribution in [2.24, 2.45) is 5.41 Å². The quantitative estimate of drug-likeness (QED) is 0.291. The van der Waals surface area contributed by atoms with E-state index in [1.165, 1.54) is 16.7 Å². The molecule has 0 bridgehead atoms. The van der Waals surface area contributed by atoms with Crippen LogP contribution in [0.25, 0.3) is 10.9 Å². The van der Waals surface area contributed by atoms with Crippen LogP contribution in [0.3, 0.4) is 0 Å². The molecule has 1 atom stereocenters. The summed E-state index contributed by atoms with van der Waals surface area (Å²) in [5.41, 5.74) is 2.06. The summed E-state index contributed by atoms with van der Waals surface area (Å²) in [6.07, 6.45) is 7.59. The van der Waals surface area contributed by atoms with E-state index >= 15 is 0 Å². The second-order valence-corrected chi connectivity index (χ2v) is 9.98. The first-order chi connectivity index (χ1) is 17.0. The van der Waals surface area contributed by atoms with Crippen molar-refractivity contribution in [1.82, 2.24) is 9.55 Å². The number of carbonyl (C=O) groups is 2. The second kappa shape index (κ2) is 9.57. The Morgan fingerprint density at radius 1 is 1.33 bits per heavy atom. The topological polar surface area (TPSA) is 81.5 Å². The lowest BCUT2D eigenvalue weighted by molar-refractivity contribution is -0.157. The van der Waals surface area contributed by atoms with E-state index in [0.29, 0.717) is 28.7 Å². The third-order valence-corrected chi connectivity index (χ3v) is 6.47. The predicted molar refractivity (Wildman–Crippen MR) is 135 cm³/mol.